The Kier molecular flexibility index (Phi) is 40.0. The van der Waals surface area contributed by atoms with Crippen LogP contribution in [0.1, 0.15) is 174 Å². The Morgan fingerprint density at radius 1 is 0.585 bits per heavy atom. The minimum atomic E-state index is -4.28. The highest BCUT2D eigenvalue weighted by Gasteiger charge is 2.25. The summed E-state index contributed by atoms with van der Waals surface area (Å²) in [5.74, 6) is -0.338. The molecule has 0 aliphatic carbocycles. The van der Waals surface area contributed by atoms with Crippen LogP contribution in [0.3, 0.4) is 0 Å². The molecule has 8 nitrogen and oxygen atoms in total. The van der Waals surface area contributed by atoms with Crippen molar-refractivity contribution in [3.05, 3.63) is 60.8 Å². The number of hydrogen-bond acceptors (Lipinski definition) is 7. The number of hydrogen-bond donors (Lipinski definition) is 2. The lowest BCUT2D eigenvalue weighted by Crippen LogP contribution is -2.28. The van der Waals surface area contributed by atoms with Crippen molar-refractivity contribution in [2.24, 2.45) is 5.73 Å². The third-order valence-electron chi connectivity index (χ3n) is 8.70. The van der Waals surface area contributed by atoms with E-state index in [2.05, 4.69) is 74.6 Å². The van der Waals surface area contributed by atoms with E-state index in [1.165, 1.54) is 77.0 Å². The predicted octanol–water partition coefficient (Wildman–Crippen LogP) is 12.6. The topological polar surface area (TPSA) is 117 Å². The highest BCUT2D eigenvalue weighted by molar-refractivity contribution is 7.47. The largest absolute Gasteiger partial charge is 0.472 e. The summed E-state index contributed by atoms with van der Waals surface area (Å²) < 4.78 is 33.4. The number of nitrogens with two attached hydrogens (primary N) is 1. The standard InChI is InChI=1S/C44H80NO7P/c1-3-5-7-9-11-13-15-17-18-19-20-21-22-23-24-25-26-28-30-32-34-36-39-49-41-43(42-51-53(47,48)50-40-38-45)52-44(46)37-35-33-31-29-27-16-14-12-10-8-6-4-2/h5,7,11,13,17-18,20-21,23-24,43H,3-4,6,8-10,12,14-16,19,22,25-42,45H2,1-2H3,(H,47,48)/b7-5-,13-11-,18-17-,21-20-,24-23-. The Morgan fingerprint density at radius 2 is 1.06 bits per heavy atom. The Bertz CT molecular complexity index is 994. The van der Waals surface area contributed by atoms with Crippen LogP contribution < -0.4 is 5.73 Å². The number of carbonyl (C=O) groups excluding carboxylic acids is 1. The van der Waals surface area contributed by atoms with Crippen LogP contribution in [0.4, 0.5) is 0 Å². The Balaban J connectivity index is 4.05. The van der Waals surface area contributed by atoms with Crippen LogP contribution in [0.25, 0.3) is 0 Å². The molecule has 0 aromatic heterocycles. The molecule has 0 fully saturated rings. The summed E-state index contributed by atoms with van der Waals surface area (Å²) in [6, 6.07) is 0. The summed E-state index contributed by atoms with van der Waals surface area (Å²) in [6.07, 6.45) is 49.5. The molecule has 0 saturated carbocycles. The molecule has 0 rings (SSSR count). The third-order valence-corrected chi connectivity index (χ3v) is 9.68. The second kappa shape index (κ2) is 41.4. The molecule has 53 heavy (non-hydrogen) atoms. The SMILES string of the molecule is CC/C=C\C/C=C\C/C=C\C/C=C\C/C=C\CCCCCCCCOCC(COP(=O)(O)OCCN)OC(=O)CCCCCCCCCCCCCC. The van der Waals surface area contributed by atoms with Gasteiger partial charge >= 0.3 is 13.8 Å². The van der Waals surface area contributed by atoms with Crippen LogP contribution in [0.2, 0.25) is 0 Å². The van der Waals surface area contributed by atoms with Gasteiger partial charge in [0.25, 0.3) is 0 Å². The highest BCUT2D eigenvalue weighted by atomic mass is 31.2. The fraction of sp³-hybridized carbons (Fsp3) is 0.750. The molecular weight excluding hydrogens is 685 g/mol. The molecule has 3 N–H and O–H groups in total. The van der Waals surface area contributed by atoms with Gasteiger partial charge in [0, 0.05) is 19.6 Å². The molecule has 0 heterocycles. The second-order valence-electron chi connectivity index (χ2n) is 13.8. The van der Waals surface area contributed by atoms with E-state index in [1.54, 1.807) is 0 Å². The van der Waals surface area contributed by atoms with Crippen LogP contribution in [-0.2, 0) is 27.9 Å². The van der Waals surface area contributed by atoms with Crippen molar-refractivity contribution in [2.75, 3.05) is 33.0 Å². The van der Waals surface area contributed by atoms with Gasteiger partial charge in [-0.15, -0.1) is 0 Å². The Morgan fingerprint density at radius 3 is 1.58 bits per heavy atom. The quantitative estimate of drug-likeness (QED) is 0.0274. The average molecular weight is 766 g/mol. The van der Waals surface area contributed by atoms with Crippen molar-refractivity contribution in [1.82, 2.24) is 0 Å². The number of allylic oxidation sites excluding steroid dienone is 10. The number of phosphoric acid groups is 1. The second-order valence-corrected chi connectivity index (χ2v) is 15.3. The molecule has 0 saturated heterocycles. The molecule has 0 amide bonds. The first-order valence-electron chi connectivity index (χ1n) is 21.3. The number of esters is 1. The maximum absolute atomic E-state index is 12.5. The van der Waals surface area contributed by atoms with Crippen LogP contribution in [0, 0.1) is 0 Å². The molecule has 0 aromatic rings. The molecule has 0 aliphatic rings. The molecule has 0 radical (unpaired) electrons. The first kappa shape index (κ1) is 51.2. The molecule has 0 aliphatic heterocycles. The molecule has 0 spiro atoms. The number of ether oxygens (including phenoxy) is 2. The summed E-state index contributed by atoms with van der Waals surface area (Å²) in [4.78, 5) is 22.4. The minimum Gasteiger partial charge on any atom is -0.457 e. The molecule has 9 heteroatoms. The fourth-order valence-electron chi connectivity index (χ4n) is 5.61. The van der Waals surface area contributed by atoms with Gasteiger partial charge in [0.15, 0.2) is 0 Å². The van der Waals surface area contributed by atoms with Gasteiger partial charge < -0.3 is 20.1 Å². The molecule has 0 bridgehead atoms. The number of unbranched alkanes of at least 4 members (excludes halogenated alkanes) is 17. The fourth-order valence-corrected chi connectivity index (χ4v) is 6.38. The molecular formula is C44H80NO7P. The average Bonchev–Trinajstić information content (AvgIpc) is 3.15. The van der Waals surface area contributed by atoms with Crippen LogP contribution >= 0.6 is 7.82 Å². The maximum atomic E-state index is 12.5. The smallest absolute Gasteiger partial charge is 0.457 e. The number of rotatable bonds is 40. The van der Waals surface area contributed by atoms with Crippen LogP contribution in [-0.4, -0.2) is 49.9 Å². The van der Waals surface area contributed by atoms with E-state index >= 15 is 0 Å². The summed E-state index contributed by atoms with van der Waals surface area (Å²) in [7, 11) is -4.28. The van der Waals surface area contributed by atoms with E-state index < -0.39 is 13.9 Å². The third kappa shape index (κ3) is 41.2. The lowest BCUT2D eigenvalue weighted by molar-refractivity contribution is -0.154. The van der Waals surface area contributed by atoms with Gasteiger partial charge in [-0.1, -0.05) is 171 Å². The zero-order valence-corrected chi connectivity index (χ0v) is 34.9. The van der Waals surface area contributed by atoms with Gasteiger partial charge in [-0.3, -0.25) is 13.8 Å². The lowest BCUT2D eigenvalue weighted by Gasteiger charge is -2.20. The Labute approximate surface area is 325 Å². The van der Waals surface area contributed by atoms with Gasteiger partial charge in [0.1, 0.15) is 6.10 Å². The van der Waals surface area contributed by atoms with E-state index in [9.17, 15) is 14.3 Å². The number of carbonyl (C=O) groups is 1. The first-order valence-corrected chi connectivity index (χ1v) is 22.8. The molecule has 308 valence electrons. The first-order chi connectivity index (χ1) is 25.9. The minimum absolute atomic E-state index is 0.0960. The van der Waals surface area contributed by atoms with Crippen molar-refractivity contribution < 1.29 is 32.8 Å². The van der Waals surface area contributed by atoms with E-state index in [-0.39, 0.29) is 32.3 Å². The zero-order valence-electron chi connectivity index (χ0n) is 34.0. The van der Waals surface area contributed by atoms with Crippen molar-refractivity contribution in [3.63, 3.8) is 0 Å². The van der Waals surface area contributed by atoms with E-state index in [0.717, 1.165) is 77.0 Å². The lowest BCUT2D eigenvalue weighted by atomic mass is 10.0. The van der Waals surface area contributed by atoms with Gasteiger partial charge in [-0.2, -0.15) is 0 Å². The summed E-state index contributed by atoms with van der Waals surface area (Å²) in [6.45, 7) is 4.76. The molecule has 0 aromatic carbocycles. The monoisotopic (exact) mass is 766 g/mol. The Hall–Kier alpha value is -1.80. The van der Waals surface area contributed by atoms with Crippen molar-refractivity contribution in [1.29, 1.82) is 0 Å². The van der Waals surface area contributed by atoms with Crippen molar-refractivity contribution in [2.45, 2.75) is 180 Å². The van der Waals surface area contributed by atoms with Gasteiger partial charge in [0.2, 0.25) is 0 Å². The summed E-state index contributed by atoms with van der Waals surface area (Å²) >= 11 is 0. The normalized spacial score (nSPS) is 14.1. The summed E-state index contributed by atoms with van der Waals surface area (Å²) in [5, 5.41) is 0. The van der Waals surface area contributed by atoms with Gasteiger partial charge in [-0.05, 0) is 57.8 Å². The van der Waals surface area contributed by atoms with E-state index in [4.69, 9.17) is 24.3 Å². The zero-order chi connectivity index (χ0) is 38.8. The van der Waals surface area contributed by atoms with E-state index in [1.807, 2.05) is 0 Å². The molecule has 2 unspecified atom stereocenters. The predicted molar refractivity (Wildman–Crippen MR) is 224 cm³/mol. The summed E-state index contributed by atoms with van der Waals surface area (Å²) in [5.41, 5.74) is 5.36. The van der Waals surface area contributed by atoms with Crippen LogP contribution in [0.5, 0.6) is 0 Å². The van der Waals surface area contributed by atoms with Crippen molar-refractivity contribution in [3.8, 4) is 0 Å². The number of phosphoric ester groups is 1. The van der Waals surface area contributed by atoms with Gasteiger partial charge in [0.05, 0.1) is 19.8 Å². The van der Waals surface area contributed by atoms with E-state index in [0.29, 0.717) is 13.0 Å². The van der Waals surface area contributed by atoms with Crippen molar-refractivity contribution >= 4 is 13.8 Å². The van der Waals surface area contributed by atoms with Crippen LogP contribution in [0.15, 0.2) is 60.8 Å². The maximum Gasteiger partial charge on any atom is 0.472 e. The molecule has 2 atom stereocenters. The van der Waals surface area contributed by atoms with Gasteiger partial charge in [-0.25, -0.2) is 4.57 Å². The highest BCUT2D eigenvalue weighted by Crippen LogP contribution is 2.43.